The lowest BCUT2D eigenvalue weighted by Gasteiger charge is -2.08. The second-order valence-corrected chi connectivity index (χ2v) is 3.12. The first-order valence-electron chi connectivity index (χ1n) is 4.27. The molecule has 1 aliphatic rings. The van der Waals surface area contributed by atoms with Crippen LogP contribution in [0.15, 0.2) is 15.8 Å². The Balaban J connectivity index is 2.53. The topological polar surface area (TPSA) is 81.2 Å². The Hall–Kier alpha value is -1.92. The van der Waals surface area contributed by atoms with Crippen molar-refractivity contribution in [3.05, 3.63) is 32.9 Å². The summed E-state index contributed by atoms with van der Waals surface area (Å²) in [5.41, 5.74) is -1.91. The third kappa shape index (κ3) is 1.56. The Kier molecular flexibility index (Phi) is 2.14. The maximum Gasteiger partial charge on any atom is 0.329 e. The quantitative estimate of drug-likeness (QED) is 0.618. The number of carbonyl (C=O) groups is 1. The number of cyclic esters (lactones) is 1. The highest BCUT2D eigenvalue weighted by Gasteiger charge is 2.29. The molecule has 0 amide bonds. The van der Waals surface area contributed by atoms with Gasteiger partial charge in [-0.15, -0.1) is 0 Å². The molecule has 1 aromatic rings. The van der Waals surface area contributed by atoms with E-state index in [1.807, 2.05) is 0 Å². The molecule has 2 heterocycles. The lowest BCUT2D eigenvalue weighted by atomic mass is 10.2. The molecule has 2 rings (SSSR count). The highest BCUT2D eigenvalue weighted by Crippen LogP contribution is 2.17. The normalized spacial score (nSPS) is 20.3. The van der Waals surface area contributed by atoms with Gasteiger partial charge in [-0.2, -0.15) is 4.39 Å². The van der Waals surface area contributed by atoms with E-state index in [0.29, 0.717) is 6.42 Å². The van der Waals surface area contributed by atoms with Crippen LogP contribution < -0.4 is 11.2 Å². The molecule has 1 N–H and O–H groups in total. The van der Waals surface area contributed by atoms with E-state index in [1.165, 1.54) is 0 Å². The van der Waals surface area contributed by atoms with E-state index >= 15 is 0 Å². The van der Waals surface area contributed by atoms with Crippen LogP contribution in [-0.4, -0.2) is 22.1 Å². The van der Waals surface area contributed by atoms with Gasteiger partial charge in [0, 0.05) is 6.42 Å². The summed E-state index contributed by atoms with van der Waals surface area (Å²) in [6.45, 7) is 0.191. The highest BCUT2D eigenvalue weighted by atomic mass is 19.1. The summed E-state index contributed by atoms with van der Waals surface area (Å²) >= 11 is 0. The molecule has 1 fully saturated rings. The fourth-order valence-electron chi connectivity index (χ4n) is 1.43. The molecule has 1 aromatic heterocycles. The van der Waals surface area contributed by atoms with Gasteiger partial charge in [-0.25, -0.2) is 9.59 Å². The predicted molar refractivity (Wildman–Crippen MR) is 45.9 cm³/mol. The number of H-pyrrole nitrogens is 1. The molecule has 0 aromatic carbocycles. The third-order valence-corrected chi connectivity index (χ3v) is 2.17. The molecule has 6 nitrogen and oxygen atoms in total. The number of ether oxygens (including phenoxy) is 1. The van der Waals surface area contributed by atoms with Crippen LogP contribution in [0.2, 0.25) is 0 Å². The Morgan fingerprint density at radius 3 is 2.80 bits per heavy atom. The van der Waals surface area contributed by atoms with Crippen molar-refractivity contribution in [1.82, 2.24) is 9.55 Å². The molecule has 7 heteroatoms. The van der Waals surface area contributed by atoms with Gasteiger partial charge in [0.15, 0.2) is 0 Å². The first-order chi connectivity index (χ1) is 7.09. The molecule has 0 spiro atoms. The van der Waals surface area contributed by atoms with Crippen molar-refractivity contribution >= 4 is 5.97 Å². The third-order valence-electron chi connectivity index (χ3n) is 2.17. The minimum atomic E-state index is -1.10. The number of esters is 1. The zero-order chi connectivity index (χ0) is 11.0. The van der Waals surface area contributed by atoms with Crippen LogP contribution in [-0.2, 0) is 9.53 Å². The van der Waals surface area contributed by atoms with Crippen LogP contribution in [0.25, 0.3) is 0 Å². The number of aromatic nitrogens is 2. The number of halogens is 1. The van der Waals surface area contributed by atoms with Gasteiger partial charge >= 0.3 is 11.7 Å². The maximum atomic E-state index is 12.9. The Bertz CT molecular complexity index is 518. The number of hydrogen-bond acceptors (Lipinski definition) is 4. The van der Waals surface area contributed by atoms with E-state index in [4.69, 9.17) is 0 Å². The summed E-state index contributed by atoms with van der Waals surface area (Å²) in [6, 6.07) is -0.844. The first-order valence-corrected chi connectivity index (χ1v) is 4.27. The summed E-state index contributed by atoms with van der Waals surface area (Å²) < 4.78 is 18.4. The Morgan fingerprint density at radius 1 is 1.47 bits per heavy atom. The zero-order valence-corrected chi connectivity index (χ0v) is 7.53. The number of carbonyl (C=O) groups excluding carboxylic acids is 1. The minimum absolute atomic E-state index is 0.191. The van der Waals surface area contributed by atoms with E-state index in [-0.39, 0.29) is 6.61 Å². The summed E-state index contributed by atoms with van der Waals surface area (Å²) in [7, 11) is 0. The van der Waals surface area contributed by atoms with Crippen molar-refractivity contribution in [2.24, 2.45) is 0 Å². The molecule has 15 heavy (non-hydrogen) atoms. The van der Waals surface area contributed by atoms with E-state index < -0.39 is 29.1 Å². The van der Waals surface area contributed by atoms with Crippen LogP contribution in [0.5, 0.6) is 0 Å². The second-order valence-electron chi connectivity index (χ2n) is 3.12. The Labute approximate surface area is 82.3 Å². The molecular weight excluding hydrogens is 207 g/mol. The number of aromatic amines is 1. The van der Waals surface area contributed by atoms with Gasteiger partial charge < -0.3 is 4.74 Å². The molecule has 1 atom stereocenters. The molecular formula is C8H7FN2O4. The van der Waals surface area contributed by atoms with Gasteiger partial charge in [-0.05, 0) is 0 Å². The monoisotopic (exact) mass is 214 g/mol. The summed E-state index contributed by atoms with van der Waals surface area (Å²) in [5.74, 6) is -1.70. The van der Waals surface area contributed by atoms with E-state index in [0.717, 1.165) is 10.8 Å². The average Bonchev–Trinajstić information content (AvgIpc) is 2.58. The van der Waals surface area contributed by atoms with Crippen LogP contribution in [0.4, 0.5) is 4.39 Å². The summed E-state index contributed by atoms with van der Waals surface area (Å²) in [6.07, 6.45) is 1.02. The van der Waals surface area contributed by atoms with Crippen LogP contribution in [0.1, 0.15) is 12.5 Å². The van der Waals surface area contributed by atoms with Crippen molar-refractivity contribution in [1.29, 1.82) is 0 Å². The van der Waals surface area contributed by atoms with Crippen LogP contribution in [0, 0.1) is 5.82 Å². The predicted octanol–water partition coefficient (Wildman–Crippen LogP) is -0.836. The fourth-order valence-corrected chi connectivity index (χ4v) is 1.43. The van der Waals surface area contributed by atoms with Gasteiger partial charge in [-0.1, -0.05) is 0 Å². The van der Waals surface area contributed by atoms with Gasteiger partial charge in [0.1, 0.15) is 6.04 Å². The largest absolute Gasteiger partial charge is 0.464 e. The SMILES string of the molecule is O=C1OCC[C@@H]1n1cc(F)c(=O)[nH]c1=O. The molecule has 1 aliphatic heterocycles. The van der Waals surface area contributed by atoms with Crippen molar-refractivity contribution in [2.75, 3.05) is 6.61 Å². The second kappa shape index (κ2) is 3.34. The standard InChI is InChI=1S/C8H7FN2O4/c9-4-3-11(8(14)10-6(4)12)5-1-2-15-7(5)13/h3,5H,1-2H2,(H,10,12,14)/t5-/m0/s1. The molecule has 0 aliphatic carbocycles. The van der Waals surface area contributed by atoms with Crippen molar-refractivity contribution in [3.63, 3.8) is 0 Å². The molecule has 0 radical (unpaired) electrons. The van der Waals surface area contributed by atoms with Gasteiger partial charge in [-0.3, -0.25) is 14.3 Å². The zero-order valence-electron chi connectivity index (χ0n) is 7.53. The van der Waals surface area contributed by atoms with E-state index in [1.54, 1.807) is 4.98 Å². The van der Waals surface area contributed by atoms with Crippen molar-refractivity contribution in [3.8, 4) is 0 Å². The molecule has 1 saturated heterocycles. The van der Waals surface area contributed by atoms with Crippen LogP contribution >= 0.6 is 0 Å². The summed E-state index contributed by atoms with van der Waals surface area (Å²) in [5, 5.41) is 0. The number of hydrogen-bond donors (Lipinski definition) is 1. The Morgan fingerprint density at radius 2 is 2.20 bits per heavy atom. The van der Waals surface area contributed by atoms with Gasteiger partial charge in [0.2, 0.25) is 5.82 Å². The molecule has 0 saturated carbocycles. The van der Waals surface area contributed by atoms with Gasteiger partial charge in [0.25, 0.3) is 5.56 Å². The van der Waals surface area contributed by atoms with E-state index in [2.05, 4.69) is 4.74 Å². The maximum absolute atomic E-state index is 12.9. The average molecular weight is 214 g/mol. The first kappa shape index (κ1) is 9.63. The fraction of sp³-hybridized carbons (Fsp3) is 0.375. The van der Waals surface area contributed by atoms with Crippen molar-refractivity contribution < 1.29 is 13.9 Å². The lowest BCUT2D eigenvalue weighted by Crippen LogP contribution is -2.35. The van der Waals surface area contributed by atoms with E-state index in [9.17, 15) is 18.8 Å². The highest BCUT2D eigenvalue weighted by molar-refractivity contribution is 5.75. The summed E-state index contributed by atoms with van der Waals surface area (Å²) in [4.78, 5) is 34.9. The molecule has 80 valence electrons. The number of nitrogens with one attached hydrogen (secondary N) is 1. The lowest BCUT2D eigenvalue weighted by molar-refractivity contribution is -0.140. The minimum Gasteiger partial charge on any atom is -0.464 e. The number of rotatable bonds is 1. The smallest absolute Gasteiger partial charge is 0.329 e. The van der Waals surface area contributed by atoms with Gasteiger partial charge in [0.05, 0.1) is 12.8 Å². The molecule has 0 unspecified atom stereocenters. The molecule has 0 bridgehead atoms. The number of nitrogens with zero attached hydrogens (tertiary/aromatic N) is 1. The van der Waals surface area contributed by atoms with Crippen LogP contribution in [0.3, 0.4) is 0 Å². The van der Waals surface area contributed by atoms with Crippen molar-refractivity contribution in [2.45, 2.75) is 12.5 Å².